The van der Waals surface area contributed by atoms with E-state index in [1.54, 1.807) is 61.5 Å². The Hall–Kier alpha value is -5.04. The van der Waals surface area contributed by atoms with Crippen molar-refractivity contribution in [3.8, 4) is 34.8 Å². The van der Waals surface area contributed by atoms with Gasteiger partial charge in [0.15, 0.2) is 29.7 Å². The molecule has 13 heteroatoms. The van der Waals surface area contributed by atoms with E-state index in [1.165, 1.54) is 25.6 Å². The normalized spacial score (nSPS) is 11.2. The molecule has 0 radical (unpaired) electrons. The molecule has 0 spiro atoms. The van der Waals surface area contributed by atoms with Crippen LogP contribution >= 0.6 is 0 Å². The first-order valence-electron chi connectivity index (χ1n) is 11.9. The average molecular weight is 564 g/mol. The van der Waals surface area contributed by atoms with E-state index >= 15 is 0 Å². The van der Waals surface area contributed by atoms with Gasteiger partial charge in [-0.05, 0) is 36.8 Å². The summed E-state index contributed by atoms with van der Waals surface area (Å²) in [5.41, 5.74) is 0.665. The van der Waals surface area contributed by atoms with Crippen LogP contribution < -0.4 is 18.9 Å². The third-order valence-electron chi connectivity index (χ3n) is 4.99. The van der Waals surface area contributed by atoms with Gasteiger partial charge in [0, 0.05) is 12.4 Å². The number of anilines is 1. The molecule has 0 bridgehead atoms. The molecule has 0 atom stereocenters. The summed E-state index contributed by atoms with van der Waals surface area (Å²) >= 11 is 0. The molecule has 0 aliphatic carbocycles. The molecule has 4 rings (SSSR count). The van der Waals surface area contributed by atoms with E-state index in [-0.39, 0.29) is 41.5 Å². The van der Waals surface area contributed by atoms with Gasteiger partial charge >= 0.3 is 5.97 Å². The van der Waals surface area contributed by atoms with Crippen LogP contribution in [0, 0.1) is 0 Å². The Morgan fingerprint density at radius 3 is 2.33 bits per heavy atom. The van der Waals surface area contributed by atoms with Crippen LogP contribution in [-0.2, 0) is 19.6 Å². The van der Waals surface area contributed by atoms with Crippen LogP contribution in [0.3, 0.4) is 0 Å². The van der Waals surface area contributed by atoms with E-state index in [0.29, 0.717) is 11.3 Å². The highest BCUT2D eigenvalue weighted by molar-refractivity contribution is 7.95. The molecule has 0 aliphatic rings. The second-order valence-corrected chi connectivity index (χ2v) is 9.38. The molecule has 0 amide bonds. The van der Waals surface area contributed by atoms with E-state index in [0.717, 1.165) is 5.41 Å². The Labute approximate surface area is 230 Å². The zero-order valence-corrected chi connectivity index (χ0v) is 22.4. The first-order chi connectivity index (χ1) is 19.4. The summed E-state index contributed by atoms with van der Waals surface area (Å²) in [4.78, 5) is 29.0. The molecule has 0 saturated heterocycles. The number of benzene rings is 2. The topological polar surface area (TPSA) is 152 Å². The summed E-state index contributed by atoms with van der Waals surface area (Å²) in [7, 11) is -2.69. The number of esters is 1. The van der Waals surface area contributed by atoms with E-state index in [1.807, 2.05) is 6.07 Å². The van der Waals surface area contributed by atoms with Gasteiger partial charge in [-0.2, -0.15) is 4.98 Å². The van der Waals surface area contributed by atoms with Crippen LogP contribution in [-0.4, -0.2) is 54.6 Å². The monoisotopic (exact) mass is 563 g/mol. The first kappa shape index (κ1) is 28.0. The van der Waals surface area contributed by atoms with E-state index in [9.17, 15) is 13.2 Å². The third-order valence-corrected chi connectivity index (χ3v) is 5.96. The first-order valence-corrected chi connectivity index (χ1v) is 13.5. The van der Waals surface area contributed by atoms with Crippen molar-refractivity contribution in [3.63, 3.8) is 0 Å². The number of rotatable bonds is 12. The molecule has 1 N–H and O–H groups in total. The molecule has 0 fully saturated rings. The molecular formula is C27H25N5O7S. The molecule has 12 nitrogen and oxygen atoms in total. The molecule has 2 heterocycles. The predicted octanol–water partition coefficient (Wildman–Crippen LogP) is 4.09. The van der Waals surface area contributed by atoms with Gasteiger partial charge in [-0.3, -0.25) is 4.72 Å². The van der Waals surface area contributed by atoms with Gasteiger partial charge in [-0.25, -0.2) is 28.2 Å². The number of hydrogen-bond donors (Lipinski definition) is 1. The molecular weight excluding hydrogens is 538 g/mol. The van der Waals surface area contributed by atoms with Crippen molar-refractivity contribution >= 4 is 27.9 Å². The Morgan fingerprint density at radius 1 is 0.925 bits per heavy atom. The molecule has 0 aliphatic heterocycles. The predicted molar refractivity (Wildman–Crippen MR) is 146 cm³/mol. The number of nitrogens with zero attached hydrogens (tertiary/aromatic N) is 4. The average Bonchev–Trinajstić information content (AvgIpc) is 2.97. The third kappa shape index (κ3) is 7.51. The number of sulfonamides is 1. The lowest BCUT2D eigenvalue weighted by Crippen LogP contribution is -2.17. The SMILES string of the molecule is CCOC(=O)COc1nc(-c2ncccn2)nc(NS(=O)(=O)/C=C/c2ccccc2)c1Oc1ccccc1OC. The quantitative estimate of drug-likeness (QED) is 0.248. The smallest absolute Gasteiger partial charge is 0.344 e. The second kappa shape index (κ2) is 13.2. The van der Waals surface area contributed by atoms with Crippen molar-refractivity contribution in [2.75, 3.05) is 25.0 Å². The Morgan fingerprint density at radius 2 is 1.62 bits per heavy atom. The summed E-state index contributed by atoms with van der Waals surface area (Å²) in [5, 5.41) is 0.981. The van der Waals surface area contributed by atoms with Crippen molar-refractivity contribution in [1.29, 1.82) is 0 Å². The molecule has 2 aromatic heterocycles. The van der Waals surface area contributed by atoms with Gasteiger partial charge in [0.1, 0.15) is 0 Å². The van der Waals surface area contributed by atoms with Crippen LogP contribution in [0.5, 0.6) is 23.1 Å². The van der Waals surface area contributed by atoms with Gasteiger partial charge in [-0.1, -0.05) is 42.5 Å². The lowest BCUT2D eigenvalue weighted by molar-refractivity contribution is -0.145. The van der Waals surface area contributed by atoms with Crippen molar-refractivity contribution in [1.82, 2.24) is 19.9 Å². The van der Waals surface area contributed by atoms with E-state index in [2.05, 4.69) is 24.7 Å². The molecule has 40 heavy (non-hydrogen) atoms. The fourth-order valence-electron chi connectivity index (χ4n) is 3.25. The highest BCUT2D eigenvalue weighted by Crippen LogP contribution is 2.41. The van der Waals surface area contributed by atoms with E-state index < -0.39 is 22.6 Å². The maximum Gasteiger partial charge on any atom is 0.344 e. The summed E-state index contributed by atoms with van der Waals surface area (Å²) in [5.74, 6) is -0.920. The zero-order chi connectivity index (χ0) is 28.4. The molecule has 0 unspecified atom stereocenters. The van der Waals surface area contributed by atoms with Crippen LogP contribution in [0.1, 0.15) is 12.5 Å². The Balaban J connectivity index is 1.82. The molecule has 2 aromatic carbocycles. The van der Waals surface area contributed by atoms with Gasteiger partial charge in [-0.15, -0.1) is 0 Å². The largest absolute Gasteiger partial charge is 0.493 e. The van der Waals surface area contributed by atoms with Crippen LogP contribution in [0.15, 0.2) is 78.5 Å². The fourth-order valence-corrected chi connectivity index (χ4v) is 4.06. The van der Waals surface area contributed by atoms with Crippen LogP contribution in [0.25, 0.3) is 17.7 Å². The van der Waals surface area contributed by atoms with Crippen molar-refractivity contribution in [2.24, 2.45) is 0 Å². The molecule has 0 saturated carbocycles. The van der Waals surface area contributed by atoms with Gasteiger partial charge in [0.05, 0.1) is 19.1 Å². The Kier molecular flexibility index (Phi) is 9.20. The van der Waals surface area contributed by atoms with Crippen molar-refractivity contribution in [2.45, 2.75) is 6.92 Å². The molecule has 4 aromatic rings. The highest BCUT2D eigenvalue weighted by atomic mass is 32.2. The zero-order valence-electron chi connectivity index (χ0n) is 21.6. The second-order valence-electron chi connectivity index (χ2n) is 7.81. The minimum atomic E-state index is -4.14. The molecule has 206 valence electrons. The lowest BCUT2D eigenvalue weighted by Gasteiger charge is -2.17. The standard InChI is InChI=1S/C27H25N5O7S/c1-3-37-22(33)18-38-27-23(39-21-13-8-7-12-20(21)36-2)24(30-26(31-27)25-28-15-9-16-29-25)32-40(34,35)17-14-19-10-5-4-6-11-19/h4-17H,3,18H2,1-2H3,(H,30,31,32)/b17-14+. The van der Waals surface area contributed by atoms with Crippen LogP contribution in [0.2, 0.25) is 0 Å². The number of nitrogens with one attached hydrogen (secondary N) is 1. The highest BCUT2D eigenvalue weighted by Gasteiger charge is 2.25. The minimum Gasteiger partial charge on any atom is -0.493 e. The maximum atomic E-state index is 13.1. The van der Waals surface area contributed by atoms with Gasteiger partial charge in [0.2, 0.25) is 11.6 Å². The number of para-hydroxylation sites is 2. The Bertz CT molecular complexity index is 1580. The summed E-state index contributed by atoms with van der Waals surface area (Å²) in [6, 6.07) is 17.1. The number of ether oxygens (including phenoxy) is 4. The lowest BCUT2D eigenvalue weighted by atomic mass is 10.2. The van der Waals surface area contributed by atoms with Crippen LogP contribution in [0.4, 0.5) is 5.82 Å². The fraction of sp³-hybridized carbons (Fsp3) is 0.148. The minimum absolute atomic E-state index is 0.0765. The summed E-state index contributed by atoms with van der Waals surface area (Å²) in [6.45, 7) is 1.25. The number of carbonyl (C=O) groups is 1. The van der Waals surface area contributed by atoms with Gasteiger partial charge < -0.3 is 18.9 Å². The number of hydrogen-bond acceptors (Lipinski definition) is 11. The van der Waals surface area contributed by atoms with Crippen molar-refractivity contribution < 1.29 is 32.2 Å². The van der Waals surface area contributed by atoms with Crippen molar-refractivity contribution in [3.05, 3.63) is 84.0 Å². The summed E-state index contributed by atoms with van der Waals surface area (Å²) in [6.07, 6.45) is 4.36. The number of methoxy groups -OCH3 is 1. The maximum absolute atomic E-state index is 13.1. The number of carbonyl (C=O) groups excluding carboxylic acids is 1. The van der Waals surface area contributed by atoms with E-state index in [4.69, 9.17) is 18.9 Å². The number of aromatic nitrogens is 4. The summed E-state index contributed by atoms with van der Waals surface area (Å²) < 4.78 is 50.6. The van der Waals surface area contributed by atoms with Gasteiger partial charge in [0.25, 0.3) is 15.9 Å².